The van der Waals surface area contributed by atoms with Gasteiger partial charge in [-0.1, -0.05) is 12.1 Å². The third-order valence-electron chi connectivity index (χ3n) is 2.99. The fourth-order valence-corrected chi connectivity index (χ4v) is 2.84. The first-order valence-corrected chi connectivity index (χ1v) is 7.78. The van der Waals surface area contributed by atoms with Crippen LogP contribution in [0.15, 0.2) is 41.8 Å². The van der Waals surface area contributed by atoms with E-state index in [0.717, 1.165) is 12.5 Å². The number of hydrogen-bond acceptors (Lipinski definition) is 3. The lowest BCUT2D eigenvalue weighted by Gasteiger charge is -2.13. The van der Waals surface area contributed by atoms with Crippen LogP contribution in [-0.4, -0.2) is 24.4 Å². The van der Waals surface area contributed by atoms with Crippen molar-refractivity contribution in [2.24, 2.45) is 0 Å². The van der Waals surface area contributed by atoms with E-state index in [1.54, 1.807) is 11.3 Å². The largest absolute Gasteiger partial charge is 0.352 e. The molecule has 2 N–H and O–H groups in total. The molecule has 0 saturated carbocycles. The Bertz CT molecular complexity index is 643. The molecule has 1 aromatic heterocycles. The molecule has 0 saturated heterocycles. The van der Waals surface area contributed by atoms with Gasteiger partial charge in [-0.2, -0.15) is 0 Å². The van der Waals surface area contributed by atoms with Gasteiger partial charge < -0.3 is 10.6 Å². The minimum Gasteiger partial charge on any atom is -0.352 e. The van der Waals surface area contributed by atoms with E-state index in [1.165, 1.54) is 23.1 Å². The standard InChI is InChI=1S/C16H17FN2O2S/c1-11(8-14-6-3-7-22-14)19-15(20)10-18-16(21)12-4-2-5-13(17)9-12/h2-7,9,11H,8,10H2,1H3,(H,18,21)(H,19,20). The maximum Gasteiger partial charge on any atom is 0.251 e. The lowest BCUT2D eigenvalue weighted by Crippen LogP contribution is -2.41. The Morgan fingerprint density at radius 3 is 2.77 bits per heavy atom. The predicted octanol–water partition coefficient (Wildman–Crippen LogP) is 2.36. The van der Waals surface area contributed by atoms with Gasteiger partial charge in [-0.15, -0.1) is 11.3 Å². The monoisotopic (exact) mass is 320 g/mol. The van der Waals surface area contributed by atoms with Gasteiger partial charge >= 0.3 is 0 Å². The van der Waals surface area contributed by atoms with E-state index in [9.17, 15) is 14.0 Å². The molecule has 1 atom stereocenters. The molecule has 0 aliphatic heterocycles. The molecule has 6 heteroatoms. The van der Waals surface area contributed by atoms with E-state index in [-0.39, 0.29) is 24.1 Å². The van der Waals surface area contributed by atoms with E-state index < -0.39 is 11.7 Å². The molecule has 4 nitrogen and oxygen atoms in total. The van der Waals surface area contributed by atoms with Crippen molar-refractivity contribution in [3.63, 3.8) is 0 Å². The van der Waals surface area contributed by atoms with Crippen molar-refractivity contribution in [2.75, 3.05) is 6.54 Å². The maximum atomic E-state index is 13.0. The van der Waals surface area contributed by atoms with Crippen molar-refractivity contribution in [1.82, 2.24) is 10.6 Å². The second kappa shape index (κ2) is 7.70. The average molecular weight is 320 g/mol. The summed E-state index contributed by atoms with van der Waals surface area (Å²) in [4.78, 5) is 24.8. The summed E-state index contributed by atoms with van der Waals surface area (Å²) in [6.07, 6.45) is 0.751. The second-order valence-corrected chi connectivity index (χ2v) is 5.98. The van der Waals surface area contributed by atoms with Crippen LogP contribution in [0, 0.1) is 5.82 Å². The maximum absolute atomic E-state index is 13.0. The van der Waals surface area contributed by atoms with E-state index >= 15 is 0 Å². The number of carbonyl (C=O) groups is 2. The number of nitrogens with one attached hydrogen (secondary N) is 2. The van der Waals surface area contributed by atoms with Crippen LogP contribution in [0.4, 0.5) is 4.39 Å². The topological polar surface area (TPSA) is 58.2 Å². The quantitative estimate of drug-likeness (QED) is 0.858. The molecule has 22 heavy (non-hydrogen) atoms. The number of carbonyl (C=O) groups excluding carboxylic acids is 2. The smallest absolute Gasteiger partial charge is 0.251 e. The number of hydrogen-bond donors (Lipinski definition) is 2. The van der Waals surface area contributed by atoms with Crippen LogP contribution in [-0.2, 0) is 11.2 Å². The molecule has 2 aromatic rings. The molecular formula is C16H17FN2O2S. The molecular weight excluding hydrogens is 303 g/mol. The summed E-state index contributed by atoms with van der Waals surface area (Å²) in [7, 11) is 0. The fourth-order valence-electron chi connectivity index (χ4n) is 2.00. The molecule has 2 amide bonds. The van der Waals surface area contributed by atoms with Gasteiger partial charge in [0.25, 0.3) is 5.91 Å². The van der Waals surface area contributed by atoms with Crippen LogP contribution in [0.2, 0.25) is 0 Å². The highest BCUT2D eigenvalue weighted by atomic mass is 32.1. The summed E-state index contributed by atoms with van der Waals surface area (Å²) in [5.74, 6) is -1.23. The van der Waals surface area contributed by atoms with Gasteiger partial charge in [-0.3, -0.25) is 9.59 Å². The first-order valence-electron chi connectivity index (χ1n) is 6.90. The molecule has 2 rings (SSSR count). The molecule has 0 spiro atoms. The summed E-state index contributed by atoms with van der Waals surface area (Å²) >= 11 is 1.64. The van der Waals surface area contributed by atoms with Crippen molar-refractivity contribution in [2.45, 2.75) is 19.4 Å². The Kier molecular flexibility index (Phi) is 5.66. The third-order valence-corrected chi connectivity index (χ3v) is 3.89. The van der Waals surface area contributed by atoms with E-state index in [1.807, 2.05) is 24.4 Å². The molecule has 0 fully saturated rings. The summed E-state index contributed by atoms with van der Waals surface area (Å²) in [6.45, 7) is 1.77. The zero-order valence-electron chi connectivity index (χ0n) is 12.1. The van der Waals surface area contributed by atoms with Crippen LogP contribution >= 0.6 is 11.3 Å². The lowest BCUT2D eigenvalue weighted by molar-refractivity contribution is -0.120. The summed E-state index contributed by atoms with van der Waals surface area (Å²) < 4.78 is 13.0. The van der Waals surface area contributed by atoms with Crippen molar-refractivity contribution in [1.29, 1.82) is 0 Å². The van der Waals surface area contributed by atoms with Crippen LogP contribution in [0.25, 0.3) is 0 Å². The van der Waals surface area contributed by atoms with E-state index in [0.29, 0.717) is 0 Å². The Balaban J connectivity index is 1.76. The van der Waals surface area contributed by atoms with E-state index in [4.69, 9.17) is 0 Å². The molecule has 1 unspecified atom stereocenters. The average Bonchev–Trinajstić information content (AvgIpc) is 2.97. The Labute approximate surface area is 132 Å². The van der Waals surface area contributed by atoms with Crippen LogP contribution < -0.4 is 10.6 Å². The van der Waals surface area contributed by atoms with Crippen molar-refractivity contribution >= 4 is 23.2 Å². The molecule has 0 aliphatic rings. The van der Waals surface area contributed by atoms with Crippen molar-refractivity contribution in [3.8, 4) is 0 Å². The van der Waals surface area contributed by atoms with Crippen LogP contribution in [0.5, 0.6) is 0 Å². The summed E-state index contributed by atoms with van der Waals surface area (Å²) in [6, 6.07) is 9.30. The van der Waals surface area contributed by atoms with Crippen LogP contribution in [0.1, 0.15) is 22.2 Å². The highest BCUT2D eigenvalue weighted by molar-refractivity contribution is 7.09. The van der Waals surface area contributed by atoms with Gasteiger partial charge in [-0.25, -0.2) is 4.39 Å². The fraction of sp³-hybridized carbons (Fsp3) is 0.250. The minimum absolute atomic E-state index is 0.0165. The number of thiophene rings is 1. The number of amides is 2. The predicted molar refractivity (Wildman–Crippen MR) is 84.4 cm³/mol. The Morgan fingerprint density at radius 2 is 2.09 bits per heavy atom. The first-order chi connectivity index (χ1) is 10.5. The minimum atomic E-state index is -0.485. The van der Waals surface area contributed by atoms with Gasteiger partial charge in [0.15, 0.2) is 0 Å². The molecule has 1 heterocycles. The van der Waals surface area contributed by atoms with Crippen LogP contribution in [0.3, 0.4) is 0 Å². The van der Waals surface area contributed by atoms with Gasteiger partial charge in [0.05, 0.1) is 6.54 Å². The number of halogens is 1. The molecule has 116 valence electrons. The molecule has 1 aromatic carbocycles. The third kappa shape index (κ3) is 4.96. The molecule has 0 radical (unpaired) electrons. The van der Waals surface area contributed by atoms with Gasteiger partial charge in [0.1, 0.15) is 5.82 Å². The molecule has 0 bridgehead atoms. The summed E-state index contributed by atoms with van der Waals surface area (Å²) in [5.41, 5.74) is 0.194. The highest BCUT2D eigenvalue weighted by Crippen LogP contribution is 2.10. The zero-order chi connectivity index (χ0) is 15.9. The van der Waals surface area contributed by atoms with Crippen molar-refractivity contribution < 1.29 is 14.0 Å². The van der Waals surface area contributed by atoms with Crippen molar-refractivity contribution in [3.05, 3.63) is 58.0 Å². The Hall–Kier alpha value is -2.21. The Morgan fingerprint density at radius 1 is 1.27 bits per heavy atom. The van der Waals surface area contributed by atoms with Gasteiger partial charge in [-0.05, 0) is 36.6 Å². The highest BCUT2D eigenvalue weighted by Gasteiger charge is 2.11. The normalized spacial score (nSPS) is 11.7. The number of benzene rings is 1. The zero-order valence-corrected chi connectivity index (χ0v) is 13.0. The SMILES string of the molecule is CC(Cc1cccs1)NC(=O)CNC(=O)c1cccc(F)c1. The first kappa shape index (κ1) is 16.2. The van der Waals surface area contributed by atoms with Gasteiger partial charge in [0, 0.05) is 22.9 Å². The van der Waals surface area contributed by atoms with E-state index in [2.05, 4.69) is 10.6 Å². The molecule has 0 aliphatic carbocycles. The summed E-state index contributed by atoms with van der Waals surface area (Å²) in [5, 5.41) is 7.28. The number of rotatable bonds is 6. The van der Waals surface area contributed by atoms with Gasteiger partial charge in [0.2, 0.25) is 5.91 Å². The second-order valence-electron chi connectivity index (χ2n) is 4.95. The lowest BCUT2D eigenvalue weighted by atomic mass is 10.2.